The summed E-state index contributed by atoms with van der Waals surface area (Å²) in [5, 5.41) is 0. The van der Waals surface area contributed by atoms with Crippen molar-refractivity contribution < 1.29 is 0 Å². The van der Waals surface area contributed by atoms with Crippen molar-refractivity contribution in [1.29, 1.82) is 0 Å². The van der Waals surface area contributed by atoms with Crippen LogP contribution in [0.25, 0.3) is 0 Å². The second-order valence-corrected chi connectivity index (χ2v) is 6.98. The van der Waals surface area contributed by atoms with Crippen LogP contribution in [0.15, 0.2) is 0 Å². The molecule has 0 saturated carbocycles. The zero-order valence-electron chi connectivity index (χ0n) is 15.0. The average molecular weight is 298 g/mol. The zero-order chi connectivity index (χ0) is 15.7. The molecule has 0 amide bonds. The lowest BCUT2D eigenvalue weighted by Gasteiger charge is -2.39. The number of likely N-dealkylation sites (tertiary alicyclic amines) is 1. The van der Waals surface area contributed by atoms with Crippen molar-refractivity contribution in [3.05, 3.63) is 0 Å². The van der Waals surface area contributed by atoms with Crippen LogP contribution in [0.4, 0.5) is 0 Å². The molecule has 0 radical (unpaired) electrons. The lowest BCUT2D eigenvalue weighted by atomic mass is 9.92. The van der Waals surface area contributed by atoms with E-state index in [1.807, 2.05) is 0 Å². The summed E-state index contributed by atoms with van der Waals surface area (Å²) in [7, 11) is 0. The van der Waals surface area contributed by atoms with Gasteiger partial charge in [0, 0.05) is 31.2 Å². The molecule has 1 fully saturated rings. The lowest BCUT2D eigenvalue weighted by molar-refractivity contribution is 0.113. The SMILES string of the molecule is CCCCCCCC(C)(CN)N1CCC(N(CC)CC)C1. The monoisotopic (exact) mass is 297 g/mol. The summed E-state index contributed by atoms with van der Waals surface area (Å²) in [6.07, 6.45) is 9.38. The Bertz CT molecular complexity index is 265. The highest BCUT2D eigenvalue weighted by atomic mass is 15.3. The molecule has 1 saturated heterocycles. The molecule has 0 bridgehead atoms. The molecule has 1 heterocycles. The van der Waals surface area contributed by atoms with Gasteiger partial charge in [-0.15, -0.1) is 0 Å². The minimum Gasteiger partial charge on any atom is -0.329 e. The molecule has 3 nitrogen and oxygen atoms in total. The number of rotatable bonds is 11. The molecule has 0 spiro atoms. The zero-order valence-corrected chi connectivity index (χ0v) is 15.0. The summed E-state index contributed by atoms with van der Waals surface area (Å²) < 4.78 is 0. The van der Waals surface area contributed by atoms with E-state index in [2.05, 4.69) is 37.5 Å². The van der Waals surface area contributed by atoms with Crippen molar-refractivity contribution in [2.75, 3.05) is 32.7 Å². The first-order chi connectivity index (χ1) is 10.1. The third kappa shape index (κ3) is 5.54. The molecule has 0 aromatic rings. The van der Waals surface area contributed by atoms with Gasteiger partial charge in [-0.2, -0.15) is 0 Å². The van der Waals surface area contributed by atoms with Crippen LogP contribution >= 0.6 is 0 Å². The topological polar surface area (TPSA) is 32.5 Å². The summed E-state index contributed by atoms with van der Waals surface area (Å²) in [6, 6.07) is 0.742. The molecule has 1 aliphatic heterocycles. The van der Waals surface area contributed by atoms with E-state index < -0.39 is 0 Å². The van der Waals surface area contributed by atoms with Gasteiger partial charge in [-0.3, -0.25) is 9.80 Å². The number of nitrogens with zero attached hydrogens (tertiary/aromatic N) is 2. The van der Waals surface area contributed by atoms with Crippen molar-refractivity contribution in [3.63, 3.8) is 0 Å². The van der Waals surface area contributed by atoms with Crippen LogP contribution in [0.3, 0.4) is 0 Å². The first-order valence-electron chi connectivity index (χ1n) is 9.30. The lowest BCUT2D eigenvalue weighted by Crippen LogP contribution is -2.51. The minimum atomic E-state index is 0.216. The molecule has 0 aliphatic carbocycles. The van der Waals surface area contributed by atoms with Crippen molar-refractivity contribution in [3.8, 4) is 0 Å². The molecule has 2 atom stereocenters. The summed E-state index contributed by atoms with van der Waals surface area (Å²) in [4.78, 5) is 5.29. The molecular weight excluding hydrogens is 258 g/mol. The molecule has 0 aromatic heterocycles. The average Bonchev–Trinajstić information content (AvgIpc) is 2.98. The third-order valence-corrected chi connectivity index (χ3v) is 5.51. The van der Waals surface area contributed by atoms with Gasteiger partial charge in [-0.05, 0) is 32.9 Å². The Morgan fingerprint density at radius 3 is 2.33 bits per heavy atom. The summed E-state index contributed by atoms with van der Waals surface area (Å²) in [5.74, 6) is 0. The van der Waals surface area contributed by atoms with Crippen LogP contribution in [0, 0.1) is 0 Å². The summed E-state index contributed by atoms with van der Waals surface area (Å²) in [6.45, 7) is 14.8. The van der Waals surface area contributed by atoms with E-state index in [4.69, 9.17) is 5.73 Å². The minimum absolute atomic E-state index is 0.216. The standard InChI is InChI=1S/C18H39N3/c1-5-8-9-10-11-13-18(4,16-19)21-14-12-17(15-21)20(6-2)7-3/h17H,5-16,19H2,1-4H3. The Labute approximate surface area is 133 Å². The summed E-state index contributed by atoms with van der Waals surface area (Å²) in [5.41, 5.74) is 6.38. The van der Waals surface area contributed by atoms with Crippen LogP contribution in [0.2, 0.25) is 0 Å². The quantitative estimate of drug-likeness (QED) is 0.593. The Balaban J connectivity index is 2.44. The predicted molar refractivity (Wildman–Crippen MR) is 93.7 cm³/mol. The predicted octanol–water partition coefficient (Wildman–Crippen LogP) is 3.48. The van der Waals surface area contributed by atoms with Crippen LogP contribution in [-0.4, -0.2) is 54.1 Å². The van der Waals surface area contributed by atoms with Crippen molar-refractivity contribution in [1.82, 2.24) is 9.80 Å². The first-order valence-corrected chi connectivity index (χ1v) is 9.30. The maximum Gasteiger partial charge on any atom is 0.0304 e. The van der Waals surface area contributed by atoms with E-state index in [9.17, 15) is 0 Å². The Morgan fingerprint density at radius 2 is 1.76 bits per heavy atom. The molecule has 21 heavy (non-hydrogen) atoms. The maximum atomic E-state index is 6.16. The summed E-state index contributed by atoms with van der Waals surface area (Å²) >= 11 is 0. The largest absolute Gasteiger partial charge is 0.329 e. The fourth-order valence-corrected chi connectivity index (χ4v) is 3.77. The van der Waals surface area contributed by atoms with Gasteiger partial charge in [0.25, 0.3) is 0 Å². The second-order valence-electron chi connectivity index (χ2n) is 6.98. The van der Waals surface area contributed by atoms with Gasteiger partial charge in [0.05, 0.1) is 0 Å². The van der Waals surface area contributed by atoms with Gasteiger partial charge in [0.2, 0.25) is 0 Å². The molecular formula is C18H39N3. The van der Waals surface area contributed by atoms with E-state index in [1.54, 1.807) is 0 Å². The Morgan fingerprint density at radius 1 is 1.10 bits per heavy atom. The third-order valence-electron chi connectivity index (χ3n) is 5.51. The number of nitrogens with two attached hydrogens (primary N) is 1. The van der Waals surface area contributed by atoms with E-state index in [1.165, 1.54) is 71.1 Å². The van der Waals surface area contributed by atoms with E-state index in [0.29, 0.717) is 0 Å². The highest BCUT2D eigenvalue weighted by molar-refractivity contribution is 4.94. The molecule has 1 aliphatic rings. The van der Waals surface area contributed by atoms with Crippen LogP contribution in [-0.2, 0) is 0 Å². The van der Waals surface area contributed by atoms with Gasteiger partial charge in [0.1, 0.15) is 0 Å². The van der Waals surface area contributed by atoms with Crippen LogP contribution in [0.5, 0.6) is 0 Å². The fraction of sp³-hybridized carbons (Fsp3) is 1.00. The molecule has 1 rings (SSSR count). The number of likely N-dealkylation sites (N-methyl/N-ethyl adjacent to an activating group) is 1. The Hall–Kier alpha value is -0.120. The van der Waals surface area contributed by atoms with Crippen LogP contribution in [0.1, 0.15) is 72.6 Å². The van der Waals surface area contributed by atoms with Gasteiger partial charge in [0.15, 0.2) is 0 Å². The van der Waals surface area contributed by atoms with E-state index in [-0.39, 0.29) is 5.54 Å². The molecule has 2 unspecified atom stereocenters. The maximum absolute atomic E-state index is 6.16. The molecule has 126 valence electrons. The van der Waals surface area contributed by atoms with Crippen molar-refractivity contribution in [2.24, 2.45) is 5.73 Å². The van der Waals surface area contributed by atoms with Gasteiger partial charge < -0.3 is 5.73 Å². The fourth-order valence-electron chi connectivity index (χ4n) is 3.77. The smallest absolute Gasteiger partial charge is 0.0304 e. The number of hydrogen-bond acceptors (Lipinski definition) is 3. The van der Waals surface area contributed by atoms with Crippen molar-refractivity contribution in [2.45, 2.75) is 84.2 Å². The molecule has 0 aromatic carbocycles. The Kier molecular flexibility index (Phi) is 8.84. The molecule has 3 heteroatoms. The highest BCUT2D eigenvalue weighted by Crippen LogP contribution is 2.28. The van der Waals surface area contributed by atoms with Gasteiger partial charge >= 0.3 is 0 Å². The van der Waals surface area contributed by atoms with Gasteiger partial charge in [-0.1, -0.05) is 52.9 Å². The van der Waals surface area contributed by atoms with E-state index >= 15 is 0 Å². The number of hydrogen-bond donors (Lipinski definition) is 1. The van der Waals surface area contributed by atoms with Crippen LogP contribution < -0.4 is 5.73 Å². The second kappa shape index (κ2) is 9.81. The van der Waals surface area contributed by atoms with Crippen molar-refractivity contribution >= 4 is 0 Å². The van der Waals surface area contributed by atoms with Gasteiger partial charge in [-0.25, -0.2) is 0 Å². The number of unbranched alkanes of at least 4 members (excludes halogenated alkanes) is 4. The first kappa shape index (κ1) is 18.9. The normalized spacial score (nSPS) is 22.9. The highest BCUT2D eigenvalue weighted by Gasteiger charge is 2.36. The molecule has 2 N–H and O–H groups in total. The van der Waals surface area contributed by atoms with E-state index in [0.717, 1.165) is 12.6 Å².